The third kappa shape index (κ3) is 2.72. The molecule has 0 fully saturated rings. The van der Waals surface area contributed by atoms with Gasteiger partial charge in [-0.3, -0.25) is 0 Å². The van der Waals surface area contributed by atoms with Crippen molar-refractivity contribution in [2.24, 2.45) is 0 Å². The highest BCUT2D eigenvalue weighted by Crippen LogP contribution is 2.30. The predicted octanol–water partition coefficient (Wildman–Crippen LogP) is 3.16. The summed E-state index contributed by atoms with van der Waals surface area (Å²) in [7, 11) is 0. The van der Waals surface area contributed by atoms with Gasteiger partial charge >= 0.3 is 6.09 Å². The second-order valence-electron chi connectivity index (χ2n) is 4.98. The minimum absolute atomic E-state index is 0.177. The molecule has 1 aromatic carbocycles. The van der Waals surface area contributed by atoms with Crippen LogP contribution >= 0.6 is 0 Å². The molecule has 114 valence electrons. The highest BCUT2D eigenvalue weighted by atomic mass is 19.1. The number of fused-ring (bicyclic) bond motifs is 1. The first-order valence-electron chi connectivity index (χ1n) is 6.95. The van der Waals surface area contributed by atoms with Crippen LogP contribution in [0.15, 0.2) is 41.4 Å². The van der Waals surface area contributed by atoms with Crippen LogP contribution in [0, 0.1) is 5.82 Å². The molecule has 1 aromatic heterocycles. The average molecular weight is 302 g/mol. The third-order valence-electron chi connectivity index (χ3n) is 3.53. The average Bonchev–Trinajstić information content (AvgIpc) is 2.96. The molecule has 1 aliphatic heterocycles. The van der Waals surface area contributed by atoms with Gasteiger partial charge in [-0.2, -0.15) is 0 Å². The molecule has 0 atom stereocenters. The minimum Gasteiger partial charge on any atom is -0.445 e. The fourth-order valence-corrected chi connectivity index (χ4v) is 2.42. The van der Waals surface area contributed by atoms with Gasteiger partial charge in [-0.15, -0.1) is 0 Å². The Morgan fingerprint density at radius 1 is 1.45 bits per heavy atom. The van der Waals surface area contributed by atoms with E-state index in [-0.39, 0.29) is 12.4 Å². The van der Waals surface area contributed by atoms with E-state index < -0.39 is 6.09 Å². The van der Waals surface area contributed by atoms with Gasteiger partial charge in [-0.25, -0.2) is 9.18 Å². The molecular weight excluding hydrogens is 287 g/mol. The summed E-state index contributed by atoms with van der Waals surface area (Å²) in [6.45, 7) is 4.58. The molecule has 0 unspecified atom stereocenters. The van der Waals surface area contributed by atoms with Crippen LogP contribution in [0.25, 0.3) is 11.3 Å². The van der Waals surface area contributed by atoms with Gasteiger partial charge in [0.05, 0.1) is 12.2 Å². The van der Waals surface area contributed by atoms with E-state index in [0.29, 0.717) is 25.3 Å². The van der Waals surface area contributed by atoms with Crippen LogP contribution in [-0.4, -0.2) is 29.3 Å². The molecule has 0 saturated carbocycles. The molecule has 0 radical (unpaired) electrons. The number of hydrogen-bond acceptors (Lipinski definition) is 4. The zero-order valence-corrected chi connectivity index (χ0v) is 11.9. The lowest BCUT2D eigenvalue weighted by Gasteiger charge is -2.25. The molecule has 0 spiro atoms. The molecule has 1 aliphatic rings. The first kappa shape index (κ1) is 14.3. The highest BCUT2D eigenvalue weighted by Gasteiger charge is 2.28. The maximum Gasteiger partial charge on any atom is 0.410 e. The summed E-state index contributed by atoms with van der Waals surface area (Å²) in [6, 6.07) is 5.99. The Morgan fingerprint density at radius 3 is 2.95 bits per heavy atom. The second kappa shape index (κ2) is 6.01. The summed E-state index contributed by atoms with van der Waals surface area (Å²) in [6.07, 6.45) is 1.73. The lowest BCUT2D eigenvalue weighted by Crippen LogP contribution is -2.36. The van der Waals surface area contributed by atoms with Gasteiger partial charge < -0.3 is 14.2 Å². The molecule has 0 bridgehead atoms. The smallest absolute Gasteiger partial charge is 0.410 e. The minimum atomic E-state index is -0.392. The zero-order chi connectivity index (χ0) is 15.5. The first-order chi connectivity index (χ1) is 10.7. The van der Waals surface area contributed by atoms with Crippen molar-refractivity contribution >= 4 is 6.09 Å². The summed E-state index contributed by atoms with van der Waals surface area (Å²) < 4.78 is 23.5. The molecular formula is C16H15FN2O3. The Morgan fingerprint density at radius 2 is 2.23 bits per heavy atom. The molecule has 0 N–H and O–H groups in total. The maximum atomic E-state index is 13.0. The van der Waals surface area contributed by atoms with E-state index in [9.17, 15) is 9.18 Å². The fraction of sp³-hybridized carbons (Fsp3) is 0.250. The van der Waals surface area contributed by atoms with E-state index in [4.69, 9.17) is 9.26 Å². The van der Waals surface area contributed by atoms with E-state index >= 15 is 0 Å². The Kier molecular flexibility index (Phi) is 3.91. The monoisotopic (exact) mass is 302 g/mol. The van der Waals surface area contributed by atoms with Gasteiger partial charge in [0.2, 0.25) is 0 Å². The molecule has 22 heavy (non-hydrogen) atoms. The first-order valence-corrected chi connectivity index (χ1v) is 6.95. The Labute approximate surface area is 127 Å². The second-order valence-corrected chi connectivity index (χ2v) is 4.98. The summed E-state index contributed by atoms with van der Waals surface area (Å²) in [5.41, 5.74) is 2.40. The summed E-state index contributed by atoms with van der Waals surface area (Å²) in [5.74, 6) is 0.253. The van der Waals surface area contributed by atoms with Crippen molar-refractivity contribution in [2.75, 3.05) is 13.2 Å². The number of ether oxygens (including phenoxy) is 1. The van der Waals surface area contributed by atoms with Crippen molar-refractivity contribution in [3.63, 3.8) is 0 Å². The topological polar surface area (TPSA) is 55.6 Å². The van der Waals surface area contributed by atoms with Crippen molar-refractivity contribution in [1.82, 2.24) is 10.1 Å². The summed E-state index contributed by atoms with van der Waals surface area (Å²) >= 11 is 0. The van der Waals surface area contributed by atoms with E-state index in [0.717, 1.165) is 16.8 Å². The normalized spacial score (nSPS) is 13.6. The van der Waals surface area contributed by atoms with Crippen LogP contribution in [-0.2, 0) is 17.7 Å². The Hall–Kier alpha value is -2.63. The zero-order valence-electron chi connectivity index (χ0n) is 11.9. The molecule has 0 aliphatic carbocycles. The van der Waals surface area contributed by atoms with Crippen LogP contribution in [0.5, 0.6) is 0 Å². The summed E-state index contributed by atoms with van der Waals surface area (Å²) in [5, 5.41) is 4.05. The maximum absolute atomic E-state index is 13.0. The molecule has 2 aromatic rings. The van der Waals surface area contributed by atoms with Gasteiger partial charge in [-0.1, -0.05) is 17.8 Å². The van der Waals surface area contributed by atoms with E-state index in [1.54, 1.807) is 17.0 Å². The number of aromatic nitrogens is 1. The Bertz CT molecular complexity index is 694. The lowest BCUT2D eigenvalue weighted by molar-refractivity contribution is 0.107. The van der Waals surface area contributed by atoms with Crippen LogP contribution in [0.1, 0.15) is 11.3 Å². The number of carbonyl (C=O) groups is 1. The molecule has 1 amide bonds. The number of rotatable bonds is 3. The number of hydrogen-bond donors (Lipinski definition) is 0. The van der Waals surface area contributed by atoms with Gasteiger partial charge in [0.1, 0.15) is 12.4 Å². The highest BCUT2D eigenvalue weighted by molar-refractivity contribution is 5.70. The third-order valence-corrected chi connectivity index (χ3v) is 3.53. The molecule has 5 nitrogen and oxygen atoms in total. The summed E-state index contributed by atoms with van der Waals surface area (Å²) in [4.78, 5) is 13.5. The van der Waals surface area contributed by atoms with Gasteiger partial charge in [0.15, 0.2) is 5.76 Å². The fourth-order valence-electron chi connectivity index (χ4n) is 2.42. The van der Waals surface area contributed by atoms with Gasteiger partial charge in [0.25, 0.3) is 0 Å². The van der Waals surface area contributed by atoms with E-state index in [1.807, 2.05) is 0 Å². The largest absolute Gasteiger partial charge is 0.445 e. The van der Waals surface area contributed by atoms with Crippen LogP contribution in [0.4, 0.5) is 9.18 Å². The molecule has 0 saturated heterocycles. The van der Waals surface area contributed by atoms with Gasteiger partial charge in [-0.05, 0) is 24.3 Å². The standard InChI is InChI=1S/C16H15FN2O3/c1-2-9-21-16(20)19-8-7-14-13(10-19)15(22-18-14)11-3-5-12(17)6-4-11/h2-6H,1,7-10H2. The van der Waals surface area contributed by atoms with Crippen molar-refractivity contribution < 1.29 is 18.4 Å². The lowest BCUT2D eigenvalue weighted by atomic mass is 10.0. The van der Waals surface area contributed by atoms with Crippen molar-refractivity contribution in [2.45, 2.75) is 13.0 Å². The number of nitrogens with zero attached hydrogens (tertiary/aromatic N) is 2. The number of amides is 1. The van der Waals surface area contributed by atoms with Crippen molar-refractivity contribution in [3.05, 3.63) is 54.0 Å². The number of halogens is 1. The SMILES string of the molecule is C=CCOC(=O)N1CCc2noc(-c3ccc(F)cc3)c2C1. The van der Waals surface area contributed by atoms with E-state index in [1.165, 1.54) is 18.2 Å². The predicted molar refractivity (Wildman–Crippen MR) is 77.6 cm³/mol. The van der Waals surface area contributed by atoms with Crippen molar-refractivity contribution in [1.29, 1.82) is 0 Å². The van der Waals surface area contributed by atoms with Crippen LogP contribution in [0.3, 0.4) is 0 Å². The van der Waals surface area contributed by atoms with E-state index in [2.05, 4.69) is 11.7 Å². The Balaban J connectivity index is 1.84. The van der Waals surface area contributed by atoms with Gasteiger partial charge in [0, 0.05) is 24.1 Å². The van der Waals surface area contributed by atoms with Crippen LogP contribution in [0.2, 0.25) is 0 Å². The number of carbonyl (C=O) groups excluding carboxylic acids is 1. The quantitative estimate of drug-likeness (QED) is 0.817. The molecule has 2 heterocycles. The molecule has 3 rings (SSSR count). The van der Waals surface area contributed by atoms with Crippen LogP contribution < -0.4 is 0 Å². The van der Waals surface area contributed by atoms with Crippen molar-refractivity contribution in [3.8, 4) is 11.3 Å². The molecule has 6 heteroatoms. The number of benzene rings is 1.